The second-order valence-electron chi connectivity index (χ2n) is 8.85. The average Bonchev–Trinajstić information content (AvgIpc) is 2.63. The van der Waals surface area contributed by atoms with Crippen molar-refractivity contribution in [3.8, 4) is 0 Å². The lowest BCUT2D eigenvalue weighted by Crippen LogP contribution is -2.26. The van der Waals surface area contributed by atoms with E-state index in [0.29, 0.717) is 11.3 Å². The molecular weight excluding hydrogens is 258 g/mol. The van der Waals surface area contributed by atoms with Gasteiger partial charge in [0.05, 0.1) is 5.69 Å². The Morgan fingerprint density at radius 3 is 1.90 bits per heavy atom. The van der Waals surface area contributed by atoms with E-state index in [9.17, 15) is 0 Å². The standard InChI is InChI=1S/C18H33N3/c1-12-20-15(16(19)21(12)18(5,6)7)13-8-10-14(11-9-13)17(2,3)4/h13-14H,8-11,19H2,1-7H3. The van der Waals surface area contributed by atoms with E-state index in [1.54, 1.807) is 0 Å². The van der Waals surface area contributed by atoms with E-state index in [-0.39, 0.29) is 5.54 Å². The van der Waals surface area contributed by atoms with Gasteiger partial charge in [-0.3, -0.25) is 0 Å². The Morgan fingerprint density at radius 2 is 1.52 bits per heavy atom. The van der Waals surface area contributed by atoms with Gasteiger partial charge < -0.3 is 10.3 Å². The van der Waals surface area contributed by atoms with E-state index >= 15 is 0 Å². The highest BCUT2D eigenvalue weighted by Crippen LogP contribution is 2.44. The number of aryl methyl sites for hydroxylation is 1. The summed E-state index contributed by atoms with van der Waals surface area (Å²) in [5.74, 6) is 3.32. The third-order valence-corrected chi connectivity index (χ3v) is 5.12. The molecule has 2 rings (SSSR count). The topological polar surface area (TPSA) is 43.8 Å². The first-order valence-electron chi connectivity index (χ1n) is 8.37. The van der Waals surface area contributed by atoms with Crippen molar-refractivity contribution in [2.45, 2.75) is 85.6 Å². The van der Waals surface area contributed by atoms with Crippen LogP contribution in [-0.2, 0) is 5.54 Å². The summed E-state index contributed by atoms with van der Waals surface area (Å²) < 4.78 is 2.19. The number of rotatable bonds is 1. The van der Waals surface area contributed by atoms with Crippen LogP contribution in [0.5, 0.6) is 0 Å². The van der Waals surface area contributed by atoms with E-state index in [1.165, 1.54) is 25.7 Å². The highest BCUT2D eigenvalue weighted by Gasteiger charge is 2.33. The molecule has 1 saturated carbocycles. The first-order chi connectivity index (χ1) is 9.51. The molecule has 1 aliphatic rings. The predicted molar refractivity (Wildman–Crippen MR) is 90.5 cm³/mol. The van der Waals surface area contributed by atoms with Crippen molar-refractivity contribution >= 4 is 5.82 Å². The van der Waals surface area contributed by atoms with Gasteiger partial charge in [-0.25, -0.2) is 4.98 Å². The van der Waals surface area contributed by atoms with Crippen LogP contribution < -0.4 is 5.73 Å². The van der Waals surface area contributed by atoms with E-state index in [2.05, 4.69) is 53.0 Å². The molecule has 1 aliphatic carbocycles. The zero-order valence-electron chi connectivity index (χ0n) is 15.0. The number of hydrogen-bond donors (Lipinski definition) is 1. The summed E-state index contributed by atoms with van der Waals surface area (Å²) in [4.78, 5) is 4.83. The van der Waals surface area contributed by atoms with E-state index in [4.69, 9.17) is 10.7 Å². The Bertz CT molecular complexity index is 492. The number of nitrogens with two attached hydrogens (primary N) is 1. The second-order valence-corrected chi connectivity index (χ2v) is 8.85. The fourth-order valence-corrected chi connectivity index (χ4v) is 3.95. The maximum absolute atomic E-state index is 6.44. The van der Waals surface area contributed by atoms with Gasteiger partial charge in [0.25, 0.3) is 0 Å². The average molecular weight is 291 g/mol. The molecule has 0 atom stereocenters. The number of nitrogen functional groups attached to an aromatic ring is 1. The summed E-state index contributed by atoms with van der Waals surface area (Å²) in [6, 6.07) is 0. The largest absolute Gasteiger partial charge is 0.384 e. The molecule has 3 nitrogen and oxygen atoms in total. The molecule has 1 aromatic rings. The summed E-state index contributed by atoms with van der Waals surface area (Å²) in [6.07, 6.45) is 5.06. The summed E-state index contributed by atoms with van der Waals surface area (Å²) in [7, 11) is 0. The minimum atomic E-state index is 0.00201. The third kappa shape index (κ3) is 3.27. The number of hydrogen-bond acceptors (Lipinski definition) is 2. The predicted octanol–water partition coefficient (Wildman–Crippen LogP) is 4.85. The minimum absolute atomic E-state index is 0.00201. The Balaban J connectivity index is 2.19. The summed E-state index contributed by atoms with van der Waals surface area (Å²) in [5, 5.41) is 0. The molecule has 120 valence electrons. The summed E-state index contributed by atoms with van der Waals surface area (Å²) >= 11 is 0. The van der Waals surface area contributed by atoms with E-state index in [1.807, 2.05) is 0 Å². The molecule has 2 N–H and O–H groups in total. The molecule has 1 heterocycles. The Morgan fingerprint density at radius 1 is 1.00 bits per heavy atom. The van der Waals surface area contributed by atoms with Gasteiger partial charge in [0, 0.05) is 11.5 Å². The van der Waals surface area contributed by atoms with Crippen molar-refractivity contribution in [2.24, 2.45) is 11.3 Å². The van der Waals surface area contributed by atoms with Crippen LogP contribution in [0.25, 0.3) is 0 Å². The SMILES string of the molecule is Cc1nc(C2CCC(C(C)(C)C)CC2)c(N)n1C(C)(C)C. The van der Waals surface area contributed by atoms with Crippen LogP contribution in [0.4, 0.5) is 5.82 Å². The summed E-state index contributed by atoms with van der Waals surface area (Å²) in [6.45, 7) is 15.8. The van der Waals surface area contributed by atoms with Gasteiger partial charge >= 0.3 is 0 Å². The lowest BCUT2D eigenvalue weighted by atomic mass is 9.69. The Hall–Kier alpha value is -0.990. The molecule has 0 aromatic carbocycles. The molecule has 0 amide bonds. The first-order valence-corrected chi connectivity index (χ1v) is 8.37. The van der Waals surface area contributed by atoms with E-state index < -0.39 is 0 Å². The van der Waals surface area contributed by atoms with Gasteiger partial charge in [-0.2, -0.15) is 0 Å². The second kappa shape index (κ2) is 5.33. The van der Waals surface area contributed by atoms with E-state index in [0.717, 1.165) is 23.3 Å². The van der Waals surface area contributed by atoms with Crippen LogP contribution in [0, 0.1) is 18.3 Å². The fraction of sp³-hybridized carbons (Fsp3) is 0.833. The van der Waals surface area contributed by atoms with Crippen LogP contribution in [-0.4, -0.2) is 9.55 Å². The van der Waals surface area contributed by atoms with Gasteiger partial charge in [-0.15, -0.1) is 0 Å². The van der Waals surface area contributed by atoms with Crippen LogP contribution in [0.15, 0.2) is 0 Å². The molecule has 1 aromatic heterocycles. The number of imidazole rings is 1. The van der Waals surface area contributed by atoms with Crippen molar-refractivity contribution in [1.29, 1.82) is 0 Å². The fourth-order valence-electron chi connectivity index (χ4n) is 3.95. The van der Waals surface area contributed by atoms with Gasteiger partial charge in [0.1, 0.15) is 11.6 Å². The third-order valence-electron chi connectivity index (χ3n) is 5.12. The first kappa shape index (κ1) is 16.4. The number of anilines is 1. The minimum Gasteiger partial charge on any atom is -0.384 e. The monoisotopic (exact) mass is 291 g/mol. The maximum atomic E-state index is 6.44. The zero-order valence-corrected chi connectivity index (χ0v) is 15.0. The maximum Gasteiger partial charge on any atom is 0.127 e. The molecule has 3 heteroatoms. The molecule has 0 saturated heterocycles. The molecule has 1 fully saturated rings. The lowest BCUT2D eigenvalue weighted by Gasteiger charge is -2.36. The molecule has 0 spiro atoms. The van der Waals surface area contributed by atoms with Gasteiger partial charge in [-0.1, -0.05) is 20.8 Å². The quantitative estimate of drug-likeness (QED) is 0.804. The highest BCUT2D eigenvalue weighted by molar-refractivity contribution is 5.42. The molecule has 0 unspecified atom stereocenters. The molecule has 21 heavy (non-hydrogen) atoms. The Labute approximate surface area is 130 Å². The lowest BCUT2D eigenvalue weighted by molar-refractivity contribution is 0.168. The zero-order chi connectivity index (χ0) is 16.0. The van der Waals surface area contributed by atoms with Gasteiger partial charge in [-0.05, 0) is 64.7 Å². The van der Waals surface area contributed by atoms with Crippen molar-refractivity contribution in [3.05, 3.63) is 11.5 Å². The highest BCUT2D eigenvalue weighted by atomic mass is 15.2. The smallest absolute Gasteiger partial charge is 0.127 e. The van der Waals surface area contributed by atoms with Crippen molar-refractivity contribution in [1.82, 2.24) is 9.55 Å². The molecule has 0 aliphatic heterocycles. The normalized spacial score (nSPS) is 24.3. The Kier molecular flexibility index (Phi) is 4.16. The van der Waals surface area contributed by atoms with Crippen LogP contribution >= 0.6 is 0 Å². The van der Waals surface area contributed by atoms with Crippen molar-refractivity contribution < 1.29 is 0 Å². The molecular formula is C18H33N3. The van der Waals surface area contributed by atoms with Crippen LogP contribution in [0.2, 0.25) is 0 Å². The van der Waals surface area contributed by atoms with Crippen molar-refractivity contribution in [3.63, 3.8) is 0 Å². The van der Waals surface area contributed by atoms with Crippen molar-refractivity contribution in [2.75, 3.05) is 5.73 Å². The van der Waals surface area contributed by atoms with Gasteiger partial charge in [0.15, 0.2) is 0 Å². The number of nitrogens with zero attached hydrogens (tertiary/aromatic N) is 2. The van der Waals surface area contributed by atoms with Crippen LogP contribution in [0.3, 0.4) is 0 Å². The van der Waals surface area contributed by atoms with Gasteiger partial charge in [0.2, 0.25) is 0 Å². The molecule has 0 radical (unpaired) electrons. The van der Waals surface area contributed by atoms with Crippen LogP contribution in [0.1, 0.15) is 84.7 Å². The molecule has 0 bridgehead atoms. The summed E-state index contributed by atoms with van der Waals surface area (Å²) in [5.41, 5.74) is 8.02. The number of aromatic nitrogens is 2.